The van der Waals surface area contributed by atoms with Gasteiger partial charge >= 0.3 is 0 Å². The lowest BCUT2D eigenvalue weighted by atomic mass is 9.99. The molecular formula is C18H25ClN2O4S. The van der Waals surface area contributed by atoms with E-state index in [0.717, 1.165) is 25.0 Å². The third-order valence-electron chi connectivity index (χ3n) is 5.06. The summed E-state index contributed by atoms with van der Waals surface area (Å²) in [4.78, 5) is 12.6. The van der Waals surface area contributed by atoms with Crippen LogP contribution in [0.5, 0.6) is 0 Å². The largest absolute Gasteiger partial charge is 0.376 e. The van der Waals surface area contributed by atoms with Crippen LogP contribution in [0.1, 0.15) is 31.2 Å². The molecule has 2 saturated heterocycles. The highest BCUT2D eigenvalue weighted by Gasteiger charge is 2.33. The van der Waals surface area contributed by atoms with Crippen molar-refractivity contribution >= 4 is 27.5 Å². The van der Waals surface area contributed by atoms with Gasteiger partial charge in [0, 0.05) is 31.3 Å². The van der Waals surface area contributed by atoms with Crippen molar-refractivity contribution in [3.8, 4) is 0 Å². The van der Waals surface area contributed by atoms with Gasteiger partial charge in [-0.2, -0.15) is 4.31 Å². The van der Waals surface area contributed by atoms with Crippen LogP contribution in [0.3, 0.4) is 0 Å². The van der Waals surface area contributed by atoms with Crippen LogP contribution in [0, 0.1) is 12.8 Å². The van der Waals surface area contributed by atoms with Crippen molar-refractivity contribution in [1.29, 1.82) is 0 Å². The molecule has 26 heavy (non-hydrogen) atoms. The summed E-state index contributed by atoms with van der Waals surface area (Å²) in [6.07, 6.45) is 3.42. The van der Waals surface area contributed by atoms with Crippen molar-refractivity contribution in [2.24, 2.45) is 5.92 Å². The first kappa shape index (κ1) is 19.6. The number of carbonyl (C=O) groups is 1. The molecule has 6 nitrogen and oxygen atoms in total. The number of hydrogen-bond acceptors (Lipinski definition) is 4. The summed E-state index contributed by atoms with van der Waals surface area (Å²) >= 11 is 6.08. The Kier molecular flexibility index (Phi) is 6.22. The zero-order valence-electron chi connectivity index (χ0n) is 14.9. The number of ether oxygens (including phenoxy) is 1. The molecule has 0 aromatic heterocycles. The maximum atomic E-state index is 12.9. The normalized spacial score (nSPS) is 24.5. The molecule has 2 atom stereocenters. The Morgan fingerprint density at radius 3 is 2.85 bits per heavy atom. The van der Waals surface area contributed by atoms with Crippen LogP contribution in [0.4, 0.5) is 0 Å². The average Bonchev–Trinajstić information content (AvgIpc) is 3.15. The first-order chi connectivity index (χ1) is 12.4. The number of piperidine rings is 1. The number of hydrogen-bond donors (Lipinski definition) is 1. The van der Waals surface area contributed by atoms with Crippen molar-refractivity contribution in [2.45, 2.75) is 43.6 Å². The zero-order valence-corrected chi connectivity index (χ0v) is 16.5. The zero-order chi connectivity index (χ0) is 18.7. The highest BCUT2D eigenvalue weighted by Crippen LogP contribution is 2.27. The fourth-order valence-corrected chi connectivity index (χ4v) is 5.22. The number of sulfonamides is 1. The number of benzene rings is 1. The first-order valence-corrected chi connectivity index (χ1v) is 10.9. The highest BCUT2D eigenvalue weighted by atomic mass is 35.5. The molecule has 1 aromatic carbocycles. The van der Waals surface area contributed by atoms with Crippen LogP contribution in [-0.4, -0.2) is 51.0 Å². The third kappa shape index (κ3) is 4.39. The summed E-state index contributed by atoms with van der Waals surface area (Å²) < 4.78 is 32.7. The van der Waals surface area contributed by atoms with E-state index in [-0.39, 0.29) is 29.4 Å². The maximum Gasteiger partial charge on any atom is 0.243 e. The monoisotopic (exact) mass is 400 g/mol. The summed E-state index contributed by atoms with van der Waals surface area (Å²) in [6, 6.07) is 4.75. The van der Waals surface area contributed by atoms with Crippen molar-refractivity contribution in [3.63, 3.8) is 0 Å². The Morgan fingerprint density at radius 2 is 2.15 bits per heavy atom. The molecule has 2 unspecified atom stereocenters. The van der Waals surface area contributed by atoms with E-state index in [2.05, 4.69) is 5.32 Å². The fourth-order valence-electron chi connectivity index (χ4n) is 3.42. The molecular weight excluding hydrogens is 376 g/mol. The van der Waals surface area contributed by atoms with Crippen molar-refractivity contribution in [1.82, 2.24) is 9.62 Å². The molecule has 2 aliphatic rings. The summed E-state index contributed by atoms with van der Waals surface area (Å²) in [7, 11) is -3.65. The quantitative estimate of drug-likeness (QED) is 0.823. The van der Waals surface area contributed by atoms with E-state index in [1.54, 1.807) is 12.1 Å². The molecule has 2 aliphatic heterocycles. The first-order valence-electron chi connectivity index (χ1n) is 9.03. The van der Waals surface area contributed by atoms with Crippen LogP contribution in [0.2, 0.25) is 5.02 Å². The molecule has 0 spiro atoms. The number of carbonyl (C=O) groups excluding carboxylic acids is 1. The third-order valence-corrected chi connectivity index (χ3v) is 7.33. The highest BCUT2D eigenvalue weighted by molar-refractivity contribution is 7.89. The topological polar surface area (TPSA) is 75.7 Å². The molecule has 2 fully saturated rings. The Hall–Kier alpha value is -1.15. The average molecular weight is 401 g/mol. The number of aryl methyl sites for hydroxylation is 1. The lowest BCUT2D eigenvalue weighted by molar-refractivity contribution is -0.126. The summed E-state index contributed by atoms with van der Waals surface area (Å²) in [5.41, 5.74) is 0.829. The van der Waals surface area contributed by atoms with Gasteiger partial charge in [-0.25, -0.2) is 8.42 Å². The molecule has 0 radical (unpaired) electrons. The van der Waals surface area contributed by atoms with E-state index in [4.69, 9.17) is 16.3 Å². The van der Waals surface area contributed by atoms with Crippen LogP contribution >= 0.6 is 11.6 Å². The predicted octanol–water partition coefficient (Wildman–Crippen LogP) is 2.34. The second kappa shape index (κ2) is 8.25. The summed E-state index contributed by atoms with van der Waals surface area (Å²) in [5, 5.41) is 3.34. The van der Waals surface area contributed by atoms with Crippen LogP contribution in [-0.2, 0) is 19.6 Å². The van der Waals surface area contributed by atoms with Gasteiger partial charge in [0.1, 0.15) is 0 Å². The lowest BCUT2D eigenvalue weighted by Gasteiger charge is -2.31. The molecule has 0 bridgehead atoms. The second-order valence-electron chi connectivity index (χ2n) is 6.99. The fraction of sp³-hybridized carbons (Fsp3) is 0.611. The molecule has 144 valence electrons. The van der Waals surface area contributed by atoms with Crippen molar-refractivity contribution in [2.75, 3.05) is 26.2 Å². The minimum atomic E-state index is -3.65. The van der Waals surface area contributed by atoms with Gasteiger partial charge in [-0.3, -0.25) is 4.79 Å². The van der Waals surface area contributed by atoms with Gasteiger partial charge in [0.05, 0.1) is 16.9 Å². The lowest BCUT2D eigenvalue weighted by Crippen LogP contribution is -2.46. The van der Waals surface area contributed by atoms with E-state index in [1.807, 2.05) is 6.92 Å². The molecule has 3 rings (SSSR count). The van der Waals surface area contributed by atoms with Gasteiger partial charge in [0.15, 0.2) is 0 Å². The Morgan fingerprint density at radius 1 is 1.35 bits per heavy atom. The van der Waals surface area contributed by atoms with Gasteiger partial charge in [-0.1, -0.05) is 17.7 Å². The minimum absolute atomic E-state index is 0.0806. The summed E-state index contributed by atoms with van der Waals surface area (Å²) in [5.74, 6) is -0.428. The van der Waals surface area contributed by atoms with Crippen LogP contribution in [0.15, 0.2) is 23.1 Å². The molecule has 1 aromatic rings. The standard InChI is InChI=1S/C18H25ClN2O4S/c1-13-6-7-16(10-17(13)19)26(23,24)21-8-2-4-14(12-21)18(22)20-11-15-5-3-9-25-15/h6-7,10,14-15H,2-5,8-9,11-12H2,1H3,(H,20,22). The van der Waals surface area contributed by atoms with E-state index in [0.29, 0.717) is 31.0 Å². The van der Waals surface area contributed by atoms with E-state index >= 15 is 0 Å². The van der Waals surface area contributed by atoms with E-state index in [9.17, 15) is 13.2 Å². The van der Waals surface area contributed by atoms with Gasteiger partial charge in [0.25, 0.3) is 0 Å². The second-order valence-corrected chi connectivity index (χ2v) is 9.34. The number of amides is 1. The van der Waals surface area contributed by atoms with Gasteiger partial charge < -0.3 is 10.1 Å². The van der Waals surface area contributed by atoms with Crippen LogP contribution < -0.4 is 5.32 Å². The number of rotatable bonds is 5. The van der Waals surface area contributed by atoms with Crippen LogP contribution in [0.25, 0.3) is 0 Å². The van der Waals surface area contributed by atoms with E-state index in [1.165, 1.54) is 10.4 Å². The molecule has 0 saturated carbocycles. The molecule has 2 heterocycles. The Bertz CT molecular complexity index is 762. The smallest absolute Gasteiger partial charge is 0.243 e. The molecule has 1 N–H and O–H groups in total. The number of halogens is 1. The van der Waals surface area contributed by atoms with E-state index < -0.39 is 10.0 Å². The molecule has 8 heteroatoms. The van der Waals surface area contributed by atoms with Crippen molar-refractivity contribution < 1.29 is 17.9 Å². The van der Waals surface area contributed by atoms with Gasteiger partial charge in [-0.15, -0.1) is 0 Å². The van der Waals surface area contributed by atoms with Gasteiger partial charge in [0.2, 0.25) is 15.9 Å². The SMILES string of the molecule is Cc1ccc(S(=O)(=O)N2CCCC(C(=O)NCC3CCCO3)C2)cc1Cl. The number of nitrogens with zero attached hydrogens (tertiary/aromatic N) is 1. The Balaban J connectivity index is 1.64. The predicted molar refractivity (Wildman–Crippen MR) is 99.7 cm³/mol. The maximum absolute atomic E-state index is 12.9. The summed E-state index contributed by atoms with van der Waals surface area (Å²) in [6.45, 7) is 3.69. The van der Waals surface area contributed by atoms with Gasteiger partial charge in [-0.05, 0) is 50.3 Å². The molecule has 0 aliphatic carbocycles. The number of nitrogens with one attached hydrogen (secondary N) is 1. The minimum Gasteiger partial charge on any atom is -0.376 e. The van der Waals surface area contributed by atoms with Crippen molar-refractivity contribution in [3.05, 3.63) is 28.8 Å². The molecule has 1 amide bonds. The Labute approximate surface area is 159 Å².